The zero-order chi connectivity index (χ0) is 13.5. The van der Waals surface area contributed by atoms with E-state index in [2.05, 4.69) is 9.71 Å². The van der Waals surface area contributed by atoms with Crippen LogP contribution in [0.2, 0.25) is 0 Å². The van der Waals surface area contributed by atoms with E-state index in [-0.39, 0.29) is 10.9 Å². The van der Waals surface area contributed by atoms with E-state index in [1.807, 2.05) is 43.5 Å². The number of imidazole rings is 1. The van der Waals surface area contributed by atoms with E-state index in [1.165, 1.54) is 7.05 Å². The fraction of sp³-hybridized carbons (Fsp3) is 0.417. The summed E-state index contributed by atoms with van der Waals surface area (Å²) >= 11 is 0. The molecule has 2 rings (SSSR count). The molecule has 0 saturated heterocycles. The Kier molecular flexibility index (Phi) is 3.16. The van der Waals surface area contributed by atoms with E-state index in [0.29, 0.717) is 5.52 Å². The summed E-state index contributed by atoms with van der Waals surface area (Å²) in [5.41, 5.74) is 1.54. The van der Waals surface area contributed by atoms with Gasteiger partial charge in [-0.15, -0.1) is 0 Å². The molecule has 18 heavy (non-hydrogen) atoms. The summed E-state index contributed by atoms with van der Waals surface area (Å²) in [5.74, 6) is 0.905. The summed E-state index contributed by atoms with van der Waals surface area (Å²) in [6.45, 7) is 5.87. The highest BCUT2D eigenvalue weighted by Gasteiger charge is 2.23. The number of fused-ring (bicyclic) bond motifs is 1. The highest BCUT2D eigenvalue weighted by molar-refractivity contribution is 7.89. The van der Waals surface area contributed by atoms with Crippen LogP contribution in [0.4, 0.5) is 0 Å². The van der Waals surface area contributed by atoms with Gasteiger partial charge in [0.05, 0.1) is 5.52 Å². The van der Waals surface area contributed by atoms with Crippen LogP contribution in [0.5, 0.6) is 0 Å². The predicted octanol–water partition coefficient (Wildman–Crippen LogP) is 1.67. The lowest BCUT2D eigenvalue weighted by molar-refractivity contribution is 0.585. The van der Waals surface area contributed by atoms with Gasteiger partial charge in [0.15, 0.2) is 5.03 Å². The average Bonchev–Trinajstić information content (AvgIpc) is 2.70. The number of aromatic nitrogens is 2. The average molecular weight is 267 g/mol. The SMILES string of the molecule is CNS(=O)(=O)c1nc(C(C)C)n2cccc(C)c12. The maximum Gasteiger partial charge on any atom is 0.259 e. The molecule has 0 amide bonds. The molecule has 0 spiro atoms. The Morgan fingerprint density at radius 3 is 2.61 bits per heavy atom. The van der Waals surface area contributed by atoms with Gasteiger partial charge in [0.2, 0.25) is 0 Å². The first-order valence-corrected chi connectivity index (χ1v) is 7.28. The zero-order valence-corrected chi connectivity index (χ0v) is 11.7. The molecule has 1 N–H and O–H groups in total. The van der Waals surface area contributed by atoms with Crippen molar-refractivity contribution in [2.75, 3.05) is 7.05 Å². The van der Waals surface area contributed by atoms with Crippen LogP contribution in [0, 0.1) is 6.92 Å². The molecule has 6 heteroatoms. The van der Waals surface area contributed by atoms with Gasteiger partial charge in [-0.1, -0.05) is 19.9 Å². The van der Waals surface area contributed by atoms with Crippen molar-refractivity contribution in [3.63, 3.8) is 0 Å². The Hall–Kier alpha value is -1.40. The van der Waals surface area contributed by atoms with Gasteiger partial charge >= 0.3 is 0 Å². The Morgan fingerprint density at radius 1 is 1.39 bits per heavy atom. The summed E-state index contributed by atoms with van der Waals surface area (Å²) in [7, 11) is -2.15. The molecule has 0 saturated carbocycles. The lowest BCUT2D eigenvalue weighted by atomic mass is 10.2. The first-order chi connectivity index (χ1) is 8.38. The van der Waals surface area contributed by atoms with Crippen LogP contribution < -0.4 is 4.72 Å². The lowest BCUT2D eigenvalue weighted by Crippen LogP contribution is -2.19. The maximum absolute atomic E-state index is 12.0. The number of rotatable bonds is 3. The molecular weight excluding hydrogens is 250 g/mol. The predicted molar refractivity (Wildman–Crippen MR) is 70.3 cm³/mol. The quantitative estimate of drug-likeness (QED) is 0.920. The van der Waals surface area contributed by atoms with Gasteiger partial charge in [-0.2, -0.15) is 0 Å². The van der Waals surface area contributed by atoms with Crippen LogP contribution in [0.1, 0.15) is 31.2 Å². The van der Waals surface area contributed by atoms with E-state index in [0.717, 1.165) is 11.4 Å². The highest BCUT2D eigenvalue weighted by Crippen LogP contribution is 2.25. The summed E-state index contributed by atoms with van der Waals surface area (Å²) in [5, 5.41) is 0.104. The first-order valence-electron chi connectivity index (χ1n) is 5.79. The second kappa shape index (κ2) is 4.37. The standard InChI is InChI=1S/C12H17N3O2S/c1-8(2)11-14-12(18(16,17)13-4)10-9(3)6-5-7-15(10)11/h5-8,13H,1-4H3. The number of pyridine rings is 1. The van der Waals surface area contributed by atoms with Crippen molar-refractivity contribution < 1.29 is 8.42 Å². The zero-order valence-electron chi connectivity index (χ0n) is 10.9. The molecule has 2 aromatic rings. The molecule has 0 unspecified atom stereocenters. The van der Waals surface area contributed by atoms with Gasteiger partial charge in [0.1, 0.15) is 5.82 Å². The molecule has 5 nitrogen and oxygen atoms in total. The molecule has 2 heterocycles. The third-order valence-electron chi connectivity index (χ3n) is 2.90. The van der Waals surface area contributed by atoms with Crippen LogP contribution in [0.3, 0.4) is 0 Å². The van der Waals surface area contributed by atoms with Crippen LogP contribution >= 0.6 is 0 Å². The van der Waals surface area contributed by atoms with Crippen molar-refractivity contribution in [1.82, 2.24) is 14.1 Å². The van der Waals surface area contributed by atoms with Gasteiger partial charge in [0, 0.05) is 12.1 Å². The number of hydrogen-bond acceptors (Lipinski definition) is 3. The Labute approximate surface area is 107 Å². The number of hydrogen-bond donors (Lipinski definition) is 1. The normalized spacial score (nSPS) is 12.5. The van der Waals surface area contributed by atoms with Gasteiger partial charge in [-0.3, -0.25) is 0 Å². The molecule has 0 aliphatic carbocycles. The van der Waals surface area contributed by atoms with Gasteiger partial charge < -0.3 is 4.40 Å². The molecular formula is C12H17N3O2S. The Bertz CT molecular complexity index is 687. The first kappa shape index (κ1) is 13.0. The number of sulfonamides is 1. The monoisotopic (exact) mass is 267 g/mol. The van der Waals surface area contributed by atoms with Crippen molar-refractivity contribution in [3.8, 4) is 0 Å². The number of nitrogens with zero attached hydrogens (tertiary/aromatic N) is 2. The lowest BCUT2D eigenvalue weighted by Gasteiger charge is -2.04. The fourth-order valence-electron chi connectivity index (χ4n) is 1.98. The molecule has 98 valence electrons. The molecule has 0 radical (unpaired) electrons. The van der Waals surface area contributed by atoms with Crippen LogP contribution in [0.15, 0.2) is 23.4 Å². The van der Waals surface area contributed by atoms with E-state index in [1.54, 1.807) is 0 Å². The molecule has 0 fully saturated rings. The molecule has 2 aromatic heterocycles. The van der Waals surface area contributed by atoms with E-state index in [4.69, 9.17) is 0 Å². The summed E-state index contributed by atoms with van der Waals surface area (Å²) < 4.78 is 28.2. The van der Waals surface area contributed by atoms with Crippen LogP contribution in [-0.2, 0) is 10.0 Å². The van der Waals surface area contributed by atoms with Crippen molar-refractivity contribution in [2.45, 2.75) is 31.7 Å². The Balaban J connectivity index is 2.91. The summed E-state index contributed by atoms with van der Waals surface area (Å²) in [6, 6.07) is 3.78. The number of aryl methyl sites for hydroxylation is 1. The highest BCUT2D eigenvalue weighted by atomic mass is 32.2. The minimum absolute atomic E-state index is 0.104. The minimum Gasteiger partial charge on any atom is -0.302 e. The van der Waals surface area contributed by atoms with E-state index >= 15 is 0 Å². The van der Waals surface area contributed by atoms with Crippen molar-refractivity contribution in [2.24, 2.45) is 0 Å². The maximum atomic E-state index is 12.0. The van der Waals surface area contributed by atoms with Gasteiger partial charge in [-0.05, 0) is 25.6 Å². The largest absolute Gasteiger partial charge is 0.302 e. The second-order valence-electron chi connectivity index (χ2n) is 4.55. The van der Waals surface area contributed by atoms with Crippen molar-refractivity contribution in [1.29, 1.82) is 0 Å². The molecule has 0 bridgehead atoms. The second-order valence-corrected chi connectivity index (χ2v) is 6.35. The summed E-state index contributed by atoms with van der Waals surface area (Å²) in [4.78, 5) is 4.30. The molecule has 0 aliphatic rings. The smallest absolute Gasteiger partial charge is 0.259 e. The van der Waals surface area contributed by atoms with Crippen molar-refractivity contribution >= 4 is 15.5 Å². The topological polar surface area (TPSA) is 63.5 Å². The van der Waals surface area contributed by atoms with E-state index < -0.39 is 10.0 Å². The third kappa shape index (κ3) is 1.91. The summed E-state index contributed by atoms with van der Waals surface area (Å²) in [6.07, 6.45) is 1.85. The molecule has 0 aliphatic heterocycles. The van der Waals surface area contributed by atoms with Crippen molar-refractivity contribution in [3.05, 3.63) is 29.7 Å². The third-order valence-corrected chi connectivity index (χ3v) is 4.23. The van der Waals surface area contributed by atoms with E-state index in [9.17, 15) is 8.42 Å². The fourth-order valence-corrected chi connectivity index (χ4v) is 2.90. The Morgan fingerprint density at radius 2 is 2.06 bits per heavy atom. The van der Waals surface area contributed by atoms with Crippen LogP contribution in [0.25, 0.3) is 5.52 Å². The van der Waals surface area contributed by atoms with Gasteiger partial charge in [0.25, 0.3) is 10.0 Å². The van der Waals surface area contributed by atoms with Gasteiger partial charge in [-0.25, -0.2) is 18.1 Å². The molecule has 0 atom stereocenters. The van der Waals surface area contributed by atoms with Crippen LogP contribution in [-0.4, -0.2) is 24.9 Å². The molecule has 0 aromatic carbocycles. The number of nitrogens with one attached hydrogen (secondary N) is 1. The minimum atomic E-state index is -3.54.